The molecule has 4 atom stereocenters. The molecule has 2 aliphatic heterocycles. The fourth-order valence-electron chi connectivity index (χ4n) is 3.42. The summed E-state index contributed by atoms with van der Waals surface area (Å²) >= 11 is 2.18. The fraction of sp³-hybridized carbons (Fsp3) is 0.812. The normalized spacial score (nSPS) is 32.2. The molecule has 20 heavy (non-hydrogen) atoms. The Labute approximate surface area is 126 Å². The van der Waals surface area contributed by atoms with E-state index in [0.717, 1.165) is 54.8 Å². The lowest BCUT2D eigenvalue weighted by Gasteiger charge is -2.28. The molecular weight excluding hydrogens is 272 g/mol. The molecule has 0 radical (unpaired) electrons. The van der Waals surface area contributed by atoms with E-state index in [2.05, 4.69) is 30.8 Å². The van der Waals surface area contributed by atoms with Gasteiger partial charge in [0.05, 0.1) is 6.61 Å². The number of rotatable bonds is 9. The molecule has 0 saturated carbocycles. The molecule has 0 aromatic carbocycles. The van der Waals surface area contributed by atoms with Crippen LogP contribution in [0.4, 0.5) is 0 Å². The van der Waals surface area contributed by atoms with Gasteiger partial charge in [-0.15, -0.1) is 0 Å². The van der Waals surface area contributed by atoms with Gasteiger partial charge in [0, 0.05) is 23.5 Å². The molecule has 0 aromatic rings. The number of hydrogen-bond donors (Lipinski definition) is 1. The zero-order valence-corrected chi connectivity index (χ0v) is 13.1. The maximum absolute atomic E-state index is 10.4. The van der Waals surface area contributed by atoms with Crippen LogP contribution in [0.3, 0.4) is 0 Å². The molecule has 4 heteroatoms. The fourth-order valence-corrected chi connectivity index (χ4v) is 5.41. The molecule has 3 nitrogen and oxygen atoms in total. The van der Waals surface area contributed by atoms with E-state index in [9.17, 15) is 4.79 Å². The number of aliphatic carboxylic acids is 1. The molecule has 2 rings (SSSR count). The Morgan fingerprint density at radius 1 is 1.30 bits per heavy atom. The molecule has 2 bridgehead atoms. The molecule has 0 spiro atoms. The van der Waals surface area contributed by atoms with E-state index < -0.39 is 5.97 Å². The number of hydrogen-bond acceptors (Lipinski definition) is 3. The Hall–Kier alpha value is -0.480. The quantitative estimate of drug-likeness (QED) is 0.520. The number of carboxylic acids is 1. The predicted molar refractivity (Wildman–Crippen MR) is 83.1 cm³/mol. The van der Waals surface area contributed by atoms with Gasteiger partial charge in [0.1, 0.15) is 0 Å². The lowest BCUT2D eigenvalue weighted by Crippen LogP contribution is -2.30. The van der Waals surface area contributed by atoms with Gasteiger partial charge in [-0.1, -0.05) is 12.2 Å². The molecule has 0 aromatic heterocycles. The topological polar surface area (TPSA) is 46.5 Å². The van der Waals surface area contributed by atoms with E-state index in [0.29, 0.717) is 0 Å². The van der Waals surface area contributed by atoms with Crippen molar-refractivity contribution >= 4 is 17.7 Å². The number of thioether (sulfide) groups is 1. The van der Waals surface area contributed by atoms with Crippen LogP contribution in [0, 0.1) is 11.8 Å². The van der Waals surface area contributed by atoms with E-state index in [1.54, 1.807) is 0 Å². The van der Waals surface area contributed by atoms with Crippen LogP contribution in [0.15, 0.2) is 12.2 Å². The molecule has 2 heterocycles. The lowest BCUT2D eigenvalue weighted by atomic mass is 9.78. The number of unbranched alkanes of at least 4 members (excludes halogenated alkanes) is 1. The van der Waals surface area contributed by atoms with Gasteiger partial charge in [0.15, 0.2) is 0 Å². The molecular formula is C16H26O3S. The zero-order valence-electron chi connectivity index (χ0n) is 12.3. The molecule has 2 saturated heterocycles. The monoisotopic (exact) mass is 298 g/mol. The number of allylic oxidation sites excluding steroid dienone is 2. The highest BCUT2D eigenvalue weighted by Gasteiger charge is 2.47. The van der Waals surface area contributed by atoms with E-state index in [4.69, 9.17) is 9.84 Å². The van der Waals surface area contributed by atoms with Crippen molar-refractivity contribution in [3.63, 3.8) is 0 Å². The van der Waals surface area contributed by atoms with Gasteiger partial charge in [0.2, 0.25) is 0 Å². The second kappa shape index (κ2) is 8.08. The van der Waals surface area contributed by atoms with Gasteiger partial charge in [0.25, 0.3) is 0 Å². The van der Waals surface area contributed by atoms with Gasteiger partial charge in [-0.25, -0.2) is 0 Å². The Balaban J connectivity index is 1.72. The maximum Gasteiger partial charge on any atom is 0.303 e. The van der Waals surface area contributed by atoms with Crippen LogP contribution in [-0.4, -0.2) is 34.8 Å². The minimum Gasteiger partial charge on any atom is -0.481 e. The van der Waals surface area contributed by atoms with Gasteiger partial charge >= 0.3 is 5.97 Å². The van der Waals surface area contributed by atoms with Crippen LogP contribution in [0.2, 0.25) is 0 Å². The van der Waals surface area contributed by atoms with Crippen molar-refractivity contribution in [1.82, 2.24) is 0 Å². The molecule has 1 N–H and O–H groups in total. The number of carbonyl (C=O) groups is 1. The summed E-state index contributed by atoms with van der Waals surface area (Å²) in [6.45, 7) is 3.80. The average molecular weight is 298 g/mol. The summed E-state index contributed by atoms with van der Waals surface area (Å²) in [6, 6.07) is 0. The summed E-state index contributed by atoms with van der Waals surface area (Å²) in [5, 5.41) is 10.2. The first-order chi connectivity index (χ1) is 9.72. The number of ether oxygens (including phenoxy) is 1. The van der Waals surface area contributed by atoms with Crippen molar-refractivity contribution in [1.29, 1.82) is 0 Å². The molecule has 114 valence electrons. The van der Waals surface area contributed by atoms with Crippen LogP contribution in [0.1, 0.15) is 45.4 Å². The molecule has 2 fully saturated rings. The van der Waals surface area contributed by atoms with Crippen molar-refractivity contribution < 1.29 is 14.6 Å². The highest BCUT2D eigenvalue weighted by Crippen LogP contribution is 2.54. The van der Waals surface area contributed by atoms with E-state index >= 15 is 0 Å². The number of carboxylic acid groups (broad SMARTS) is 1. The molecule has 0 amide bonds. The summed E-state index contributed by atoms with van der Waals surface area (Å²) in [5.41, 5.74) is 0. The Kier molecular flexibility index (Phi) is 6.43. The average Bonchev–Trinajstić information content (AvgIpc) is 3.01. The van der Waals surface area contributed by atoms with Crippen LogP contribution in [0.5, 0.6) is 0 Å². The minimum atomic E-state index is -0.695. The Morgan fingerprint density at radius 3 is 2.75 bits per heavy atom. The summed E-state index contributed by atoms with van der Waals surface area (Å²) in [5.74, 6) is 0.795. The zero-order chi connectivity index (χ0) is 14.4. The van der Waals surface area contributed by atoms with Gasteiger partial charge in [-0.3, -0.25) is 4.79 Å². The first kappa shape index (κ1) is 15.9. The highest BCUT2D eigenvalue weighted by atomic mass is 32.2. The van der Waals surface area contributed by atoms with Crippen molar-refractivity contribution in [2.45, 2.75) is 55.9 Å². The summed E-state index contributed by atoms with van der Waals surface area (Å²) in [6.07, 6.45) is 10.2. The van der Waals surface area contributed by atoms with Crippen molar-refractivity contribution in [3.05, 3.63) is 12.2 Å². The van der Waals surface area contributed by atoms with Crippen molar-refractivity contribution in [2.24, 2.45) is 11.8 Å². The van der Waals surface area contributed by atoms with E-state index in [-0.39, 0.29) is 6.42 Å². The van der Waals surface area contributed by atoms with Crippen LogP contribution in [-0.2, 0) is 9.53 Å². The summed E-state index contributed by atoms with van der Waals surface area (Å²) in [4.78, 5) is 10.4. The van der Waals surface area contributed by atoms with Gasteiger partial charge in [-0.05, 0) is 50.9 Å². The Morgan fingerprint density at radius 2 is 2.05 bits per heavy atom. The maximum atomic E-state index is 10.4. The Bertz CT molecular complexity index is 343. The first-order valence-electron chi connectivity index (χ1n) is 7.82. The summed E-state index contributed by atoms with van der Waals surface area (Å²) in [7, 11) is 0. The van der Waals surface area contributed by atoms with Crippen LogP contribution >= 0.6 is 11.8 Å². The third-order valence-electron chi connectivity index (χ3n) is 4.44. The standard InChI is InChI=1S/C16H26O3S/c1-2-19-11-13-12(14-9-10-15(13)20-14)7-5-3-4-6-8-16(17)18/h3,5,12-15H,2,4,6-11H2,1H3,(H,17,18)/t12-,13+,14-,15+/m1/s1. The SMILES string of the molecule is CCOC[C@H]1[C@@H](CC=CCCCC(=O)O)[C@H]2CC[C@@H]1S2. The molecule has 0 aliphatic carbocycles. The van der Waals surface area contributed by atoms with Crippen molar-refractivity contribution in [2.75, 3.05) is 13.2 Å². The smallest absolute Gasteiger partial charge is 0.303 e. The predicted octanol–water partition coefficient (Wildman–Crippen LogP) is 3.73. The third-order valence-corrected chi connectivity index (χ3v) is 6.31. The van der Waals surface area contributed by atoms with Gasteiger partial charge < -0.3 is 9.84 Å². The first-order valence-corrected chi connectivity index (χ1v) is 8.76. The second-order valence-electron chi connectivity index (χ2n) is 5.77. The van der Waals surface area contributed by atoms with Crippen molar-refractivity contribution in [3.8, 4) is 0 Å². The second-order valence-corrected chi connectivity index (χ2v) is 7.25. The lowest BCUT2D eigenvalue weighted by molar-refractivity contribution is -0.137. The molecule has 0 unspecified atom stereocenters. The third kappa shape index (κ3) is 4.26. The highest BCUT2D eigenvalue weighted by molar-refractivity contribution is 8.01. The minimum absolute atomic E-state index is 0.279. The van der Waals surface area contributed by atoms with E-state index in [1.807, 2.05) is 0 Å². The van der Waals surface area contributed by atoms with Crippen LogP contribution < -0.4 is 0 Å². The summed E-state index contributed by atoms with van der Waals surface area (Å²) < 4.78 is 5.67. The molecule has 2 aliphatic rings. The number of fused-ring (bicyclic) bond motifs is 2. The van der Waals surface area contributed by atoms with Crippen LogP contribution in [0.25, 0.3) is 0 Å². The van der Waals surface area contributed by atoms with E-state index in [1.165, 1.54) is 12.8 Å². The largest absolute Gasteiger partial charge is 0.481 e. The van der Waals surface area contributed by atoms with Gasteiger partial charge in [-0.2, -0.15) is 11.8 Å².